The molecule has 1 saturated carbocycles. The van der Waals surface area contributed by atoms with E-state index in [1.165, 1.54) is 6.42 Å². The fourth-order valence-corrected chi connectivity index (χ4v) is 4.75. The Morgan fingerprint density at radius 1 is 1.04 bits per heavy atom. The summed E-state index contributed by atoms with van der Waals surface area (Å²) in [5.74, 6) is 1.23. The summed E-state index contributed by atoms with van der Waals surface area (Å²) in [4.78, 5) is 12.5. The number of rotatable bonds is 5. The van der Waals surface area contributed by atoms with Gasteiger partial charge >= 0.3 is 0 Å². The van der Waals surface area contributed by atoms with Crippen LogP contribution in [0.25, 0.3) is 0 Å². The van der Waals surface area contributed by atoms with Gasteiger partial charge in [0, 0.05) is 18.6 Å². The minimum absolute atomic E-state index is 0.0907. The summed E-state index contributed by atoms with van der Waals surface area (Å²) < 4.78 is 13.5. The molecule has 0 aromatic rings. The lowest BCUT2D eigenvalue weighted by Gasteiger charge is -2.35. The van der Waals surface area contributed by atoms with E-state index < -0.39 is 6.17 Å². The summed E-state index contributed by atoms with van der Waals surface area (Å²) in [6.45, 7) is 1.77. The molecular formula is C19H34FN3O2. The Labute approximate surface area is 150 Å². The van der Waals surface area contributed by atoms with Crippen LogP contribution in [0.4, 0.5) is 4.39 Å². The van der Waals surface area contributed by atoms with Gasteiger partial charge in [0.05, 0.1) is 12.6 Å². The summed E-state index contributed by atoms with van der Waals surface area (Å²) in [6.07, 6.45) is 7.97. The number of nitrogens with one attached hydrogen (secondary N) is 3. The van der Waals surface area contributed by atoms with Crippen LogP contribution in [0.3, 0.4) is 0 Å². The number of carbonyl (C=O) groups excluding carboxylic acids is 1. The molecule has 2 saturated heterocycles. The van der Waals surface area contributed by atoms with Gasteiger partial charge in [0.15, 0.2) is 0 Å². The third-order valence-electron chi connectivity index (χ3n) is 6.30. The first-order valence-corrected chi connectivity index (χ1v) is 10.2. The Morgan fingerprint density at radius 2 is 1.92 bits per heavy atom. The molecule has 5 nitrogen and oxygen atoms in total. The van der Waals surface area contributed by atoms with Gasteiger partial charge in [-0.25, -0.2) is 4.39 Å². The van der Waals surface area contributed by atoms with Crippen LogP contribution in [0, 0.1) is 11.8 Å². The molecule has 3 aliphatic rings. The highest BCUT2D eigenvalue weighted by atomic mass is 19.1. The summed E-state index contributed by atoms with van der Waals surface area (Å²) in [7, 11) is 0. The first-order chi connectivity index (χ1) is 12.1. The fraction of sp³-hybridized carbons (Fsp3) is 0.947. The number of hydrogen-bond acceptors (Lipinski definition) is 4. The average Bonchev–Trinajstić information content (AvgIpc) is 2.63. The Morgan fingerprint density at radius 3 is 2.56 bits per heavy atom. The van der Waals surface area contributed by atoms with E-state index in [1.807, 2.05) is 0 Å². The predicted molar refractivity (Wildman–Crippen MR) is 96.0 cm³/mol. The van der Waals surface area contributed by atoms with Crippen molar-refractivity contribution in [2.45, 2.75) is 82.1 Å². The lowest BCUT2D eigenvalue weighted by Crippen LogP contribution is -2.56. The van der Waals surface area contributed by atoms with Gasteiger partial charge in [0.1, 0.15) is 6.17 Å². The average molecular weight is 355 g/mol. The zero-order chi connectivity index (χ0) is 17.6. The molecule has 0 spiro atoms. The Bertz CT molecular complexity index is 421. The number of carbonyl (C=O) groups is 1. The molecular weight excluding hydrogens is 321 g/mol. The van der Waals surface area contributed by atoms with Gasteiger partial charge < -0.3 is 21.1 Å². The molecule has 6 unspecified atom stereocenters. The summed E-state index contributed by atoms with van der Waals surface area (Å²) in [5, 5.41) is 19.0. The van der Waals surface area contributed by atoms with Crippen molar-refractivity contribution >= 4 is 5.91 Å². The molecule has 144 valence electrons. The van der Waals surface area contributed by atoms with Gasteiger partial charge in [-0.05, 0) is 63.3 Å². The van der Waals surface area contributed by atoms with E-state index >= 15 is 0 Å². The van der Waals surface area contributed by atoms with E-state index in [-0.39, 0.29) is 30.6 Å². The van der Waals surface area contributed by atoms with Crippen LogP contribution in [0.5, 0.6) is 0 Å². The maximum Gasteiger partial charge on any atom is 0.237 e. The summed E-state index contributed by atoms with van der Waals surface area (Å²) in [6, 6.07) is 0.246. The second-order valence-corrected chi connectivity index (χ2v) is 8.34. The van der Waals surface area contributed by atoms with E-state index in [1.54, 1.807) is 0 Å². The van der Waals surface area contributed by atoms with Gasteiger partial charge in [-0.2, -0.15) is 0 Å². The monoisotopic (exact) mass is 355 g/mol. The number of aliphatic hydroxyl groups is 1. The van der Waals surface area contributed by atoms with E-state index in [4.69, 9.17) is 5.11 Å². The number of alkyl halides is 1. The zero-order valence-electron chi connectivity index (χ0n) is 15.2. The van der Waals surface area contributed by atoms with Gasteiger partial charge in [-0.3, -0.25) is 4.79 Å². The summed E-state index contributed by atoms with van der Waals surface area (Å²) >= 11 is 0. The largest absolute Gasteiger partial charge is 0.395 e. The quantitative estimate of drug-likeness (QED) is 0.603. The fourth-order valence-electron chi connectivity index (χ4n) is 4.75. The van der Waals surface area contributed by atoms with Crippen molar-refractivity contribution in [1.29, 1.82) is 0 Å². The highest BCUT2D eigenvalue weighted by molar-refractivity contribution is 5.82. The van der Waals surface area contributed by atoms with Gasteiger partial charge in [-0.15, -0.1) is 0 Å². The van der Waals surface area contributed by atoms with E-state index in [2.05, 4.69) is 16.0 Å². The normalized spacial score (nSPS) is 39.8. The van der Waals surface area contributed by atoms with Crippen molar-refractivity contribution in [3.05, 3.63) is 0 Å². The van der Waals surface area contributed by atoms with Crippen molar-refractivity contribution in [1.82, 2.24) is 16.0 Å². The molecule has 4 N–H and O–H groups in total. The number of piperidine rings is 2. The summed E-state index contributed by atoms with van der Waals surface area (Å²) in [5.41, 5.74) is 0. The maximum atomic E-state index is 13.5. The van der Waals surface area contributed by atoms with Crippen LogP contribution < -0.4 is 16.0 Å². The van der Waals surface area contributed by atoms with Gasteiger partial charge in [0.2, 0.25) is 5.91 Å². The molecule has 0 aromatic carbocycles. The number of halogens is 1. The van der Waals surface area contributed by atoms with Crippen LogP contribution in [0.2, 0.25) is 0 Å². The third kappa shape index (κ3) is 5.63. The second-order valence-electron chi connectivity index (χ2n) is 8.34. The second kappa shape index (κ2) is 9.28. The lowest BCUT2D eigenvalue weighted by molar-refractivity contribution is -0.124. The lowest BCUT2D eigenvalue weighted by atomic mass is 9.79. The smallest absolute Gasteiger partial charge is 0.237 e. The predicted octanol–water partition coefficient (Wildman–Crippen LogP) is 1.50. The number of aliphatic hydroxyl groups excluding tert-OH is 1. The van der Waals surface area contributed by atoms with Crippen LogP contribution in [0.15, 0.2) is 0 Å². The molecule has 1 aliphatic carbocycles. The van der Waals surface area contributed by atoms with E-state index in [9.17, 15) is 9.18 Å². The molecule has 6 atom stereocenters. The molecule has 3 fully saturated rings. The van der Waals surface area contributed by atoms with Crippen LogP contribution in [-0.4, -0.2) is 55.0 Å². The van der Waals surface area contributed by atoms with Crippen molar-refractivity contribution in [3.8, 4) is 0 Å². The Hall–Kier alpha value is -0.720. The highest BCUT2D eigenvalue weighted by Crippen LogP contribution is 2.33. The van der Waals surface area contributed by atoms with Crippen molar-refractivity contribution in [2.24, 2.45) is 11.8 Å². The van der Waals surface area contributed by atoms with Crippen molar-refractivity contribution in [2.75, 3.05) is 19.7 Å². The van der Waals surface area contributed by atoms with Gasteiger partial charge in [-0.1, -0.05) is 12.8 Å². The minimum atomic E-state index is -0.594. The first-order valence-electron chi connectivity index (χ1n) is 10.2. The van der Waals surface area contributed by atoms with Crippen molar-refractivity contribution < 1.29 is 14.3 Å². The highest BCUT2D eigenvalue weighted by Gasteiger charge is 2.30. The van der Waals surface area contributed by atoms with Crippen LogP contribution in [-0.2, 0) is 4.79 Å². The molecule has 2 heterocycles. The number of amides is 1. The topological polar surface area (TPSA) is 73.4 Å². The number of hydrogen-bond donors (Lipinski definition) is 4. The molecule has 0 aromatic heterocycles. The molecule has 2 aliphatic heterocycles. The standard InChI is InChI=1S/C19H34FN3O2/c20-15-3-1-2-13(9-15)8-14-4-7-18(22-10-14)19(25)23-16-5-6-17(12-24)21-11-16/h13-18,21-22,24H,1-12H2,(H,23,25). The van der Waals surface area contributed by atoms with Gasteiger partial charge in [0.25, 0.3) is 0 Å². The molecule has 6 heteroatoms. The minimum Gasteiger partial charge on any atom is -0.395 e. The first kappa shape index (κ1) is 19.1. The third-order valence-corrected chi connectivity index (χ3v) is 6.30. The van der Waals surface area contributed by atoms with E-state index in [0.717, 1.165) is 64.5 Å². The van der Waals surface area contributed by atoms with Crippen molar-refractivity contribution in [3.63, 3.8) is 0 Å². The SMILES string of the molecule is O=C(NC1CCC(CO)NC1)C1CCC(CC2CCCC(F)C2)CN1. The molecule has 1 amide bonds. The zero-order valence-corrected chi connectivity index (χ0v) is 15.2. The van der Waals surface area contributed by atoms with Crippen LogP contribution >= 0.6 is 0 Å². The van der Waals surface area contributed by atoms with Crippen LogP contribution in [0.1, 0.15) is 57.8 Å². The molecule has 25 heavy (non-hydrogen) atoms. The molecule has 0 bridgehead atoms. The Balaban J connectivity index is 1.35. The molecule has 0 radical (unpaired) electrons. The Kier molecular flexibility index (Phi) is 7.08. The maximum absolute atomic E-state index is 13.5. The molecule has 3 rings (SSSR count). The van der Waals surface area contributed by atoms with E-state index in [0.29, 0.717) is 11.8 Å².